The lowest BCUT2D eigenvalue weighted by atomic mass is 10.1. The van der Waals surface area contributed by atoms with E-state index in [1.54, 1.807) is 6.92 Å². The molecule has 0 heterocycles. The lowest BCUT2D eigenvalue weighted by Crippen LogP contribution is -2.47. The Morgan fingerprint density at radius 1 is 1.07 bits per heavy atom. The number of anilines is 2. The maximum absolute atomic E-state index is 12.8. The van der Waals surface area contributed by atoms with Crippen LogP contribution in [0.3, 0.4) is 0 Å². The molecule has 0 fully saturated rings. The molecule has 12 heteroatoms. The van der Waals surface area contributed by atoms with Gasteiger partial charge in [-0.3, -0.25) is 29.3 Å². The van der Waals surface area contributed by atoms with Gasteiger partial charge in [-0.2, -0.15) is 0 Å². The number of non-ortho nitro benzene ring substituents is 2. The molecule has 1 atom stereocenters. The maximum atomic E-state index is 12.8. The molecule has 0 saturated carbocycles. The normalized spacial score (nSPS) is 12.1. The number of nitrogens with zero attached hydrogens (tertiary/aromatic N) is 3. The number of hydrogen-bond donors (Lipinski definition) is 1. The molecule has 0 aromatic heterocycles. The summed E-state index contributed by atoms with van der Waals surface area (Å²) in [6.45, 7) is 1.58. The third-order valence-electron chi connectivity index (χ3n) is 3.95. The van der Waals surface area contributed by atoms with Gasteiger partial charge in [0.2, 0.25) is 15.9 Å². The summed E-state index contributed by atoms with van der Waals surface area (Å²) in [5, 5.41) is 24.4. The molecule has 154 valence electrons. The molecule has 2 aromatic carbocycles. The highest BCUT2D eigenvalue weighted by molar-refractivity contribution is 7.92. The Hall–Kier alpha value is -3.54. The third kappa shape index (κ3) is 5.25. The van der Waals surface area contributed by atoms with Crippen molar-refractivity contribution in [3.05, 3.63) is 68.8 Å². The van der Waals surface area contributed by atoms with Gasteiger partial charge in [0.1, 0.15) is 6.04 Å². The molecule has 29 heavy (non-hydrogen) atoms. The molecule has 0 aliphatic heterocycles. The Kier molecular flexibility index (Phi) is 6.49. The zero-order valence-electron chi connectivity index (χ0n) is 15.5. The van der Waals surface area contributed by atoms with E-state index in [0.29, 0.717) is 0 Å². The van der Waals surface area contributed by atoms with Crippen molar-refractivity contribution in [2.75, 3.05) is 15.9 Å². The van der Waals surface area contributed by atoms with Crippen LogP contribution in [-0.2, 0) is 14.8 Å². The van der Waals surface area contributed by atoms with E-state index in [9.17, 15) is 33.4 Å². The molecule has 1 N–H and O–H groups in total. The van der Waals surface area contributed by atoms with Crippen molar-refractivity contribution in [2.45, 2.75) is 19.4 Å². The van der Waals surface area contributed by atoms with Gasteiger partial charge < -0.3 is 5.32 Å². The van der Waals surface area contributed by atoms with Gasteiger partial charge in [-0.1, -0.05) is 19.1 Å². The number of rotatable bonds is 8. The van der Waals surface area contributed by atoms with Crippen LogP contribution in [0.15, 0.2) is 48.5 Å². The van der Waals surface area contributed by atoms with Crippen LogP contribution in [0.4, 0.5) is 22.7 Å². The van der Waals surface area contributed by atoms with Crippen molar-refractivity contribution in [1.82, 2.24) is 0 Å². The standard InChI is InChI=1S/C17H18N4O7S/c1-3-16(17(22)18-12-6-4-8-14(10-12)20(23)24)19(29(2,27)28)13-7-5-9-15(11-13)21(25)26/h4-11,16H,3H2,1-2H3,(H,18,22)/t16-/m1/s1. The first-order chi connectivity index (χ1) is 13.5. The van der Waals surface area contributed by atoms with Crippen LogP contribution in [-0.4, -0.2) is 36.5 Å². The van der Waals surface area contributed by atoms with Gasteiger partial charge in [-0.05, 0) is 18.6 Å². The second-order valence-corrected chi connectivity index (χ2v) is 7.92. The number of carbonyl (C=O) groups is 1. The van der Waals surface area contributed by atoms with Crippen LogP contribution < -0.4 is 9.62 Å². The summed E-state index contributed by atoms with van der Waals surface area (Å²) in [6.07, 6.45) is 0.936. The first kappa shape index (κ1) is 21.8. The van der Waals surface area contributed by atoms with E-state index in [2.05, 4.69) is 5.32 Å². The fourth-order valence-electron chi connectivity index (χ4n) is 2.73. The first-order valence-corrected chi connectivity index (χ1v) is 10.2. The smallest absolute Gasteiger partial charge is 0.271 e. The minimum atomic E-state index is -3.99. The minimum absolute atomic E-state index is 0.0391. The number of benzene rings is 2. The van der Waals surface area contributed by atoms with Crippen molar-refractivity contribution in [3.63, 3.8) is 0 Å². The second kappa shape index (κ2) is 8.65. The molecule has 2 rings (SSSR count). The maximum Gasteiger partial charge on any atom is 0.271 e. The van der Waals surface area contributed by atoms with Crippen molar-refractivity contribution in [2.24, 2.45) is 0 Å². The monoisotopic (exact) mass is 422 g/mol. The first-order valence-electron chi connectivity index (χ1n) is 8.33. The zero-order valence-corrected chi connectivity index (χ0v) is 16.3. The highest BCUT2D eigenvalue weighted by Crippen LogP contribution is 2.27. The van der Waals surface area contributed by atoms with Gasteiger partial charge in [-0.15, -0.1) is 0 Å². The van der Waals surface area contributed by atoms with Crippen molar-refractivity contribution in [1.29, 1.82) is 0 Å². The van der Waals surface area contributed by atoms with E-state index in [1.807, 2.05) is 0 Å². The number of nitro benzene ring substituents is 2. The summed E-state index contributed by atoms with van der Waals surface area (Å²) in [5.74, 6) is -0.732. The Bertz CT molecular complexity index is 1060. The van der Waals surface area contributed by atoms with Crippen molar-refractivity contribution in [3.8, 4) is 0 Å². The van der Waals surface area contributed by atoms with Crippen LogP contribution >= 0.6 is 0 Å². The van der Waals surface area contributed by atoms with Crippen LogP contribution in [0.1, 0.15) is 13.3 Å². The van der Waals surface area contributed by atoms with Gasteiger partial charge in [0.15, 0.2) is 0 Å². The average Bonchev–Trinajstić information content (AvgIpc) is 2.65. The lowest BCUT2D eigenvalue weighted by molar-refractivity contribution is -0.385. The highest BCUT2D eigenvalue weighted by Gasteiger charge is 2.32. The number of nitrogens with one attached hydrogen (secondary N) is 1. The van der Waals surface area contributed by atoms with E-state index in [0.717, 1.165) is 22.7 Å². The van der Waals surface area contributed by atoms with E-state index < -0.39 is 31.8 Å². The van der Waals surface area contributed by atoms with Gasteiger partial charge >= 0.3 is 0 Å². The second-order valence-electron chi connectivity index (χ2n) is 6.06. The summed E-state index contributed by atoms with van der Waals surface area (Å²) in [5.41, 5.74) is -0.488. The van der Waals surface area contributed by atoms with Crippen molar-refractivity contribution >= 4 is 38.7 Å². The molecule has 0 saturated heterocycles. The summed E-state index contributed by atoms with van der Waals surface area (Å²) in [7, 11) is -3.99. The molecule has 0 bridgehead atoms. The van der Waals surface area contributed by atoms with Gasteiger partial charge in [0.05, 0.1) is 21.8 Å². The Morgan fingerprint density at radius 3 is 2.14 bits per heavy atom. The highest BCUT2D eigenvalue weighted by atomic mass is 32.2. The van der Waals surface area contributed by atoms with Crippen LogP contribution in [0, 0.1) is 20.2 Å². The van der Waals surface area contributed by atoms with E-state index in [-0.39, 0.29) is 29.2 Å². The summed E-state index contributed by atoms with van der Waals surface area (Å²) >= 11 is 0. The topological polar surface area (TPSA) is 153 Å². The summed E-state index contributed by atoms with van der Waals surface area (Å²) in [4.78, 5) is 33.4. The quantitative estimate of drug-likeness (QED) is 0.507. The number of hydrogen-bond acceptors (Lipinski definition) is 7. The Morgan fingerprint density at radius 2 is 1.62 bits per heavy atom. The van der Waals surface area contributed by atoms with E-state index in [1.165, 1.54) is 36.4 Å². The number of carbonyl (C=O) groups excluding carboxylic acids is 1. The molecule has 0 aliphatic rings. The number of nitro groups is 2. The van der Waals surface area contributed by atoms with E-state index in [4.69, 9.17) is 0 Å². The van der Waals surface area contributed by atoms with Crippen LogP contribution in [0.5, 0.6) is 0 Å². The fraction of sp³-hybridized carbons (Fsp3) is 0.235. The lowest BCUT2D eigenvalue weighted by Gasteiger charge is -2.29. The third-order valence-corrected chi connectivity index (χ3v) is 5.13. The molecule has 0 unspecified atom stereocenters. The van der Waals surface area contributed by atoms with E-state index >= 15 is 0 Å². The van der Waals surface area contributed by atoms with Crippen LogP contribution in [0.25, 0.3) is 0 Å². The Labute approximate surface area is 166 Å². The molecule has 1 amide bonds. The molecule has 0 spiro atoms. The predicted octanol–water partition coefficient (Wildman–Crippen LogP) is 2.69. The van der Waals surface area contributed by atoms with Gasteiger partial charge in [0, 0.05) is 30.0 Å². The molecule has 2 aromatic rings. The fourth-order valence-corrected chi connectivity index (χ4v) is 3.93. The Balaban J connectivity index is 2.42. The molecular formula is C17H18N4O7S. The number of sulfonamides is 1. The summed E-state index contributed by atoms with van der Waals surface area (Å²) < 4.78 is 25.6. The zero-order chi connectivity index (χ0) is 21.8. The molecule has 0 radical (unpaired) electrons. The molecule has 11 nitrogen and oxygen atoms in total. The SMILES string of the molecule is CC[C@H](C(=O)Nc1cccc([N+](=O)[O-])c1)N(c1cccc([N+](=O)[O-])c1)S(C)(=O)=O. The van der Waals surface area contributed by atoms with Gasteiger partial charge in [0.25, 0.3) is 11.4 Å². The molecule has 0 aliphatic carbocycles. The summed E-state index contributed by atoms with van der Waals surface area (Å²) in [6, 6.07) is 8.89. The van der Waals surface area contributed by atoms with Crippen molar-refractivity contribution < 1.29 is 23.1 Å². The minimum Gasteiger partial charge on any atom is -0.324 e. The molecular weight excluding hydrogens is 404 g/mol. The predicted molar refractivity (Wildman–Crippen MR) is 106 cm³/mol. The van der Waals surface area contributed by atoms with Crippen LogP contribution in [0.2, 0.25) is 0 Å². The largest absolute Gasteiger partial charge is 0.324 e. The number of amides is 1. The average molecular weight is 422 g/mol. The van der Waals surface area contributed by atoms with Gasteiger partial charge in [-0.25, -0.2) is 8.42 Å².